The Labute approximate surface area is 76.2 Å². The van der Waals surface area contributed by atoms with Crippen molar-refractivity contribution >= 4 is 5.65 Å². The van der Waals surface area contributed by atoms with Gasteiger partial charge >= 0.3 is 0 Å². The van der Waals surface area contributed by atoms with Crippen molar-refractivity contribution in [2.45, 2.75) is 20.8 Å². The molecule has 0 bridgehead atoms. The van der Waals surface area contributed by atoms with E-state index in [1.807, 2.05) is 20.8 Å². The lowest BCUT2D eigenvalue weighted by Crippen LogP contribution is -1.94. The first-order chi connectivity index (χ1) is 6.29. The summed E-state index contributed by atoms with van der Waals surface area (Å²) in [6, 6.07) is 1.78. The molecule has 0 saturated heterocycles. The lowest BCUT2D eigenvalue weighted by Gasteiger charge is -1.94. The highest BCUT2D eigenvalue weighted by molar-refractivity contribution is 5.38. The molecule has 0 saturated carbocycles. The molecule has 0 aliphatic carbocycles. The Kier molecular flexibility index (Phi) is 2.95. The van der Waals surface area contributed by atoms with Crippen molar-refractivity contribution in [1.82, 2.24) is 14.6 Å². The molecule has 0 fully saturated rings. The quantitative estimate of drug-likeness (QED) is 0.623. The second kappa shape index (κ2) is 3.98. The lowest BCUT2D eigenvalue weighted by molar-refractivity contribution is 0.635. The summed E-state index contributed by atoms with van der Waals surface area (Å²) < 4.78 is 14.2. The van der Waals surface area contributed by atoms with Gasteiger partial charge in [-0.2, -0.15) is 5.10 Å². The van der Waals surface area contributed by atoms with E-state index in [2.05, 4.69) is 10.1 Å². The number of hydrogen-bond donors (Lipinski definition) is 0. The SMILES string of the molecule is CC.Cc1ccnc2c(F)cnn12. The number of hydrogen-bond acceptors (Lipinski definition) is 2. The fourth-order valence-electron chi connectivity index (χ4n) is 0.983. The molecule has 70 valence electrons. The number of rotatable bonds is 0. The lowest BCUT2D eigenvalue weighted by atomic mass is 10.4. The normalized spacial score (nSPS) is 9.54. The summed E-state index contributed by atoms with van der Waals surface area (Å²) in [4.78, 5) is 3.83. The van der Waals surface area contributed by atoms with Crippen molar-refractivity contribution < 1.29 is 4.39 Å². The third-order valence-corrected chi connectivity index (χ3v) is 1.55. The van der Waals surface area contributed by atoms with Gasteiger partial charge < -0.3 is 0 Å². The molecule has 0 N–H and O–H groups in total. The number of aromatic nitrogens is 3. The minimum atomic E-state index is -0.381. The summed E-state index contributed by atoms with van der Waals surface area (Å²) in [5.41, 5.74) is 1.16. The average Bonchev–Trinajstić information content (AvgIpc) is 2.53. The first-order valence-electron chi connectivity index (χ1n) is 4.24. The Morgan fingerprint density at radius 2 is 2.08 bits per heavy atom. The third-order valence-electron chi connectivity index (χ3n) is 1.55. The standard InChI is InChI=1S/C7H6FN3.C2H6/c1-5-2-3-9-7-6(8)4-10-11(5)7;1-2/h2-4H,1H3;1-2H3. The molecule has 0 amide bonds. The maximum atomic E-state index is 12.8. The highest BCUT2D eigenvalue weighted by Gasteiger charge is 2.03. The van der Waals surface area contributed by atoms with Crippen LogP contribution in [-0.4, -0.2) is 14.6 Å². The second-order valence-electron chi connectivity index (χ2n) is 2.31. The van der Waals surface area contributed by atoms with Gasteiger partial charge in [0.2, 0.25) is 0 Å². The molecule has 2 rings (SSSR count). The first kappa shape index (κ1) is 9.64. The zero-order chi connectivity index (χ0) is 9.84. The highest BCUT2D eigenvalue weighted by atomic mass is 19.1. The van der Waals surface area contributed by atoms with Gasteiger partial charge in [-0.1, -0.05) is 13.8 Å². The van der Waals surface area contributed by atoms with Crippen LogP contribution in [0.5, 0.6) is 0 Å². The molecular weight excluding hydrogens is 169 g/mol. The van der Waals surface area contributed by atoms with Crippen LogP contribution in [-0.2, 0) is 0 Å². The fraction of sp³-hybridized carbons (Fsp3) is 0.333. The second-order valence-corrected chi connectivity index (χ2v) is 2.31. The van der Waals surface area contributed by atoms with E-state index in [9.17, 15) is 4.39 Å². The van der Waals surface area contributed by atoms with E-state index in [0.29, 0.717) is 0 Å². The molecule has 2 aromatic heterocycles. The van der Waals surface area contributed by atoms with Crippen molar-refractivity contribution in [3.63, 3.8) is 0 Å². The molecule has 0 spiro atoms. The smallest absolute Gasteiger partial charge is 0.191 e. The monoisotopic (exact) mass is 181 g/mol. The third kappa shape index (κ3) is 1.66. The van der Waals surface area contributed by atoms with Crippen molar-refractivity contribution in [2.75, 3.05) is 0 Å². The largest absolute Gasteiger partial charge is 0.234 e. The summed E-state index contributed by atoms with van der Waals surface area (Å²) in [6.07, 6.45) is 2.73. The topological polar surface area (TPSA) is 30.2 Å². The van der Waals surface area contributed by atoms with Gasteiger partial charge in [-0.05, 0) is 13.0 Å². The number of fused-ring (bicyclic) bond motifs is 1. The molecule has 3 nitrogen and oxygen atoms in total. The Hall–Kier alpha value is -1.45. The summed E-state index contributed by atoms with van der Waals surface area (Å²) in [7, 11) is 0. The molecule has 4 heteroatoms. The van der Waals surface area contributed by atoms with E-state index < -0.39 is 0 Å². The van der Waals surface area contributed by atoms with Gasteiger partial charge in [0.1, 0.15) is 0 Å². The van der Waals surface area contributed by atoms with Crippen LogP contribution in [0.1, 0.15) is 19.5 Å². The fourth-order valence-corrected chi connectivity index (χ4v) is 0.983. The van der Waals surface area contributed by atoms with E-state index in [0.717, 1.165) is 11.9 Å². The first-order valence-corrected chi connectivity index (χ1v) is 4.24. The number of aryl methyl sites for hydroxylation is 1. The molecule has 0 radical (unpaired) electrons. The van der Waals surface area contributed by atoms with Gasteiger partial charge in [0, 0.05) is 11.9 Å². The van der Waals surface area contributed by atoms with Crippen molar-refractivity contribution in [2.24, 2.45) is 0 Å². The molecule has 0 aliphatic rings. The number of halogens is 1. The van der Waals surface area contributed by atoms with E-state index in [4.69, 9.17) is 0 Å². The molecule has 0 atom stereocenters. The molecule has 0 aromatic carbocycles. The Morgan fingerprint density at radius 1 is 1.38 bits per heavy atom. The van der Waals surface area contributed by atoms with Crippen LogP contribution in [0.15, 0.2) is 18.5 Å². The summed E-state index contributed by atoms with van der Waals surface area (Å²) in [5.74, 6) is -0.381. The van der Waals surface area contributed by atoms with Gasteiger partial charge in [0.05, 0.1) is 6.20 Å². The summed E-state index contributed by atoms with van der Waals surface area (Å²) in [6.45, 7) is 5.85. The van der Waals surface area contributed by atoms with Crippen LogP contribution < -0.4 is 0 Å². The highest BCUT2D eigenvalue weighted by Crippen LogP contribution is 2.06. The summed E-state index contributed by atoms with van der Waals surface area (Å²) >= 11 is 0. The van der Waals surface area contributed by atoms with Crippen molar-refractivity contribution in [3.8, 4) is 0 Å². The zero-order valence-electron chi connectivity index (χ0n) is 7.95. The summed E-state index contributed by atoms with van der Waals surface area (Å²) in [5, 5.41) is 3.80. The van der Waals surface area contributed by atoms with E-state index in [-0.39, 0.29) is 11.5 Å². The Morgan fingerprint density at radius 3 is 2.69 bits per heavy atom. The predicted molar refractivity (Wildman–Crippen MR) is 49.0 cm³/mol. The van der Waals surface area contributed by atoms with Crippen molar-refractivity contribution in [3.05, 3.63) is 30.0 Å². The van der Waals surface area contributed by atoms with Gasteiger partial charge in [-0.15, -0.1) is 0 Å². The van der Waals surface area contributed by atoms with Crippen LogP contribution in [0, 0.1) is 12.7 Å². The van der Waals surface area contributed by atoms with E-state index in [1.165, 1.54) is 4.52 Å². The molecular formula is C9H12FN3. The van der Waals surface area contributed by atoms with Crippen LogP contribution in [0.2, 0.25) is 0 Å². The van der Waals surface area contributed by atoms with Gasteiger partial charge in [-0.25, -0.2) is 13.9 Å². The van der Waals surface area contributed by atoms with Crippen molar-refractivity contribution in [1.29, 1.82) is 0 Å². The minimum absolute atomic E-state index is 0.282. The van der Waals surface area contributed by atoms with Gasteiger partial charge in [0.15, 0.2) is 11.5 Å². The van der Waals surface area contributed by atoms with E-state index >= 15 is 0 Å². The van der Waals surface area contributed by atoms with Crippen LogP contribution in [0.4, 0.5) is 4.39 Å². The van der Waals surface area contributed by atoms with Gasteiger partial charge in [0.25, 0.3) is 0 Å². The predicted octanol–water partition coefficient (Wildman–Crippen LogP) is 2.20. The molecule has 0 unspecified atom stereocenters. The van der Waals surface area contributed by atoms with Gasteiger partial charge in [-0.3, -0.25) is 0 Å². The zero-order valence-corrected chi connectivity index (χ0v) is 7.95. The van der Waals surface area contributed by atoms with Crippen LogP contribution in [0.3, 0.4) is 0 Å². The Bertz CT molecular complexity index is 395. The van der Waals surface area contributed by atoms with Crippen LogP contribution in [0.25, 0.3) is 5.65 Å². The maximum Gasteiger partial charge on any atom is 0.191 e. The van der Waals surface area contributed by atoms with Crippen LogP contribution >= 0.6 is 0 Å². The molecule has 0 aliphatic heterocycles. The average molecular weight is 181 g/mol. The molecule has 13 heavy (non-hydrogen) atoms. The molecule has 2 heterocycles. The minimum Gasteiger partial charge on any atom is -0.234 e. The maximum absolute atomic E-state index is 12.8. The number of nitrogens with zero attached hydrogens (tertiary/aromatic N) is 3. The van der Waals surface area contributed by atoms with E-state index in [1.54, 1.807) is 12.3 Å². The Balaban J connectivity index is 0.000000396. The molecule has 2 aromatic rings.